The topological polar surface area (TPSA) is 78.9 Å². The van der Waals surface area contributed by atoms with E-state index in [0.717, 1.165) is 5.06 Å². The molecule has 6 heteroatoms. The van der Waals surface area contributed by atoms with Crippen LogP contribution in [0.15, 0.2) is 0 Å². The van der Waals surface area contributed by atoms with Crippen LogP contribution in [0.2, 0.25) is 0 Å². The van der Waals surface area contributed by atoms with E-state index in [2.05, 4.69) is 5.32 Å². The lowest BCUT2D eigenvalue weighted by Gasteiger charge is -2.18. The molecule has 0 aromatic rings. The van der Waals surface area contributed by atoms with E-state index in [9.17, 15) is 9.59 Å². The molecule has 80 valence electrons. The Kier molecular flexibility index (Phi) is 3.43. The number of amides is 2. The van der Waals surface area contributed by atoms with Crippen molar-refractivity contribution in [3.8, 4) is 0 Å². The third kappa shape index (κ3) is 2.68. The van der Waals surface area contributed by atoms with Crippen LogP contribution in [0.25, 0.3) is 0 Å². The summed E-state index contributed by atoms with van der Waals surface area (Å²) >= 11 is 0. The fourth-order valence-corrected chi connectivity index (χ4v) is 1.21. The summed E-state index contributed by atoms with van der Waals surface area (Å²) in [4.78, 5) is 27.1. The van der Waals surface area contributed by atoms with Crippen molar-refractivity contribution in [2.75, 3.05) is 13.2 Å². The Morgan fingerprint density at radius 1 is 1.64 bits per heavy atom. The molecule has 6 nitrogen and oxygen atoms in total. The van der Waals surface area contributed by atoms with Gasteiger partial charge in [-0.1, -0.05) is 0 Å². The molecule has 0 aliphatic carbocycles. The van der Waals surface area contributed by atoms with Gasteiger partial charge in [0, 0.05) is 6.92 Å². The minimum Gasteiger partial charge on any atom is -0.389 e. The summed E-state index contributed by atoms with van der Waals surface area (Å²) in [6, 6.07) is -0.627. The second-order valence-electron chi connectivity index (χ2n) is 3.27. The third-order valence-corrected chi connectivity index (χ3v) is 1.84. The molecule has 2 amide bonds. The molecule has 0 aromatic carbocycles. The molecular formula is C8H14N2O4. The zero-order valence-electron chi connectivity index (χ0n) is 8.19. The highest BCUT2D eigenvalue weighted by molar-refractivity contribution is 5.85. The van der Waals surface area contributed by atoms with Gasteiger partial charge in [-0.05, 0) is 6.92 Å². The summed E-state index contributed by atoms with van der Waals surface area (Å²) in [6.07, 6.45) is -0.636. The number of hydrogen-bond donors (Lipinski definition) is 2. The normalized spacial score (nSPS) is 23.4. The van der Waals surface area contributed by atoms with Gasteiger partial charge >= 0.3 is 0 Å². The molecule has 2 atom stereocenters. The molecule has 1 aliphatic heterocycles. The van der Waals surface area contributed by atoms with Crippen LogP contribution in [0.4, 0.5) is 0 Å². The van der Waals surface area contributed by atoms with E-state index in [-0.39, 0.29) is 25.0 Å². The number of hydrogen-bond acceptors (Lipinski definition) is 4. The first kappa shape index (κ1) is 10.9. The second kappa shape index (κ2) is 4.39. The zero-order valence-corrected chi connectivity index (χ0v) is 8.19. The number of nitrogens with zero attached hydrogens (tertiary/aromatic N) is 1. The predicted molar refractivity (Wildman–Crippen MR) is 47.0 cm³/mol. The monoisotopic (exact) mass is 202 g/mol. The first-order chi connectivity index (χ1) is 6.50. The Bertz CT molecular complexity index is 243. The fourth-order valence-electron chi connectivity index (χ4n) is 1.21. The summed E-state index contributed by atoms with van der Waals surface area (Å²) in [7, 11) is 0. The van der Waals surface area contributed by atoms with Gasteiger partial charge in [-0.2, -0.15) is 0 Å². The van der Waals surface area contributed by atoms with Gasteiger partial charge in [0.05, 0.1) is 6.54 Å². The maximum atomic E-state index is 11.5. The van der Waals surface area contributed by atoms with Crippen molar-refractivity contribution < 1.29 is 19.5 Å². The fraction of sp³-hybridized carbons (Fsp3) is 0.750. The van der Waals surface area contributed by atoms with Crippen molar-refractivity contribution in [1.29, 1.82) is 0 Å². The number of aliphatic hydroxyl groups is 1. The molecule has 1 rings (SSSR count). The molecule has 0 saturated carbocycles. The smallest absolute Gasteiger partial charge is 0.268 e. The van der Waals surface area contributed by atoms with E-state index in [1.54, 1.807) is 6.92 Å². The van der Waals surface area contributed by atoms with E-state index in [1.165, 1.54) is 6.92 Å². The number of β-amino-alcohol motifs (C(OH)–C–C–N with tert-alkyl or cyclic N) is 1. The van der Waals surface area contributed by atoms with Crippen LogP contribution in [0.3, 0.4) is 0 Å². The molecule has 0 spiro atoms. The Morgan fingerprint density at radius 3 is 2.71 bits per heavy atom. The van der Waals surface area contributed by atoms with Crippen molar-refractivity contribution in [2.45, 2.75) is 26.0 Å². The molecule has 2 unspecified atom stereocenters. The summed E-state index contributed by atoms with van der Waals surface area (Å²) in [6.45, 7) is 3.18. The first-order valence-corrected chi connectivity index (χ1v) is 4.40. The average molecular weight is 202 g/mol. The molecule has 2 N–H and O–H groups in total. The van der Waals surface area contributed by atoms with Crippen LogP contribution < -0.4 is 5.32 Å². The average Bonchev–Trinajstić information content (AvgIpc) is 2.49. The van der Waals surface area contributed by atoms with Crippen molar-refractivity contribution in [3.63, 3.8) is 0 Å². The molecule has 0 bridgehead atoms. The lowest BCUT2D eigenvalue weighted by molar-refractivity contribution is -0.171. The maximum Gasteiger partial charge on any atom is 0.268 e. The van der Waals surface area contributed by atoms with Gasteiger partial charge < -0.3 is 10.4 Å². The van der Waals surface area contributed by atoms with Gasteiger partial charge in [0.1, 0.15) is 18.8 Å². The molecular weight excluding hydrogens is 188 g/mol. The van der Waals surface area contributed by atoms with Crippen molar-refractivity contribution in [1.82, 2.24) is 10.4 Å². The van der Waals surface area contributed by atoms with Gasteiger partial charge in [-0.3, -0.25) is 14.4 Å². The SMILES string of the molecule is CC(=O)NC(C)C(=O)N1CC(O)CO1. The number of rotatable bonds is 2. The number of carbonyl (C=O) groups excluding carboxylic acids is 2. The van der Waals surface area contributed by atoms with Crippen LogP contribution in [-0.4, -0.2) is 47.3 Å². The quantitative estimate of drug-likeness (QED) is 0.580. The van der Waals surface area contributed by atoms with E-state index >= 15 is 0 Å². The molecule has 0 aromatic heterocycles. The predicted octanol–water partition coefficient (Wildman–Crippen LogP) is -1.35. The minimum absolute atomic E-state index is 0.124. The summed E-state index contributed by atoms with van der Waals surface area (Å²) < 4.78 is 0. The van der Waals surface area contributed by atoms with Crippen molar-refractivity contribution in [3.05, 3.63) is 0 Å². The van der Waals surface area contributed by atoms with Crippen LogP contribution in [0.1, 0.15) is 13.8 Å². The summed E-state index contributed by atoms with van der Waals surface area (Å²) in [5, 5.41) is 12.6. The Hall–Kier alpha value is -1.14. The molecule has 0 radical (unpaired) electrons. The number of nitrogens with one attached hydrogen (secondary N) is 1. The lowest BCUT2D eigenvalue weighted by Crippen LogP contribution is -2.45. The zero-order chi connectivity index (χ0) is 10.7. The number of aliphatic hydroxyl groups excluding tert-OH is 1. The maximum absolute atomic E-state index is 11.5. The van der Waals surface area contributed by atoms with Gasteiger partial charge in [0.15, 0.2) is 0 Å². The highest BCUT2D eigenvalue weighted by Crippen LogP contribution is 2.07. The van der Waals surface area contributed by atoms with E-state index in [4.69, 9.17) is 9.94 Å². The van der Waals surface area contributed by atoms with Crippen molar-refractivity contribution >= 4 is 11.8 Å². The van der Waals surface area contributed by atoms with Crippen LogP contribution >= 0.6 is 0 Å². The molecule has 1 saturated heterocycles. The molecule has 1 heterocycles. The van der Waals surface area contributed by atoms with Crippen molar-refractivity contribution in [2.24, 2.45) is 0 Å². The molecule has 1 fully saturated rings. The molecule has 14 heavy (non-hydrogen) atoms. The van der Waals surface area contributed by atoms with E-state index in [0.29, 0.717) is 0 Å². The van der Waals surface area contributed by atoms with Gasteiger partial charge in [0.2, 0.25) is 5.91 Å². The van der Waals surface area contributed by atoms with E-state index in [1.807, 2.05) is 0 Å². The Labute approximate surface area is 81.8 Å². The van der Waals surface area contributed by atoms with E-state index < -0.39 is 12.1 Å². The standard InChI is InChI=1S/C8H14N2O4/c1-5(9-6(2)11)8(13)10-3-7(12)4-14-10/h5,7,12H,3-4H2,1-2H3,(H,9,11). The highest BCUT2D eigenvalue weighted by atomic mass is 16.7. The van der Waals surface area contributed by atoms with Gasteiger partial charge in [0.25, 0.3) is 5.91 Å². The minimum atomic E-state index is -0.636. The first-order valence-electron chi connectivity index (χ1n) is 4.40. The Morgan fingerprint density at radius 2 is 2.29 bits per heavy atom. The van der Waals surface area contributed by atoms with Gasteiger partial charge in [-0.25, -0.2) is 5.06 Å². The van der Waals surface area contributed by atoms with Crippen LogP contribution in [0, 0.1) is 0 Å². The lowest BCUT2D eigenvalue weighted by atomic mass is 10.3. The largest absolute Gasteiger partial charge is 0.389 e. The Balaban J connectivity index is 2.44. The van der Waals surface area contributed by atoms with Crippen LogP contribution in [0.5, 0.6) is 0 Å². The highest BCUT2D eigenvalue weighted by Gasteiger charge is 2.29. The third-order valence-electron chi connectivity index (χ3n) is 1.84. The number of hydroxylamine groups is 2. The molecule has 1 aliphatic rings. The van der Waals surface area contributed by atoms with Gasteiger partial charge in [-0.15, -0.1) is 0 Å². The number of carbonyl (C=O) groups is 2. The second-order valence-corrected chi connectivity index (χ2v) is 3.27. The van der Waals surface area contributed by atoms with Crippen LogP contribution in [-0.2, 0) is 14.4 Å². The summed E-state index contributed by atoms with van der Waals surface area (Å²) in [5.41, 5.74) is 0. The summed E-state index contributed by atoms with van der Waals surface area (Å²) in [5.74, 6) is -0.623.